The molecule has 1 N–H and O–H groups in total. The van der Waals surface area contributed by atoms with Crippen molar-refractivity contribution < 1.29 is 4.92 Å². The van der Waals surface area contributed by atoms with Gasteiger partial charge in [0.15, 0.2) is 0 Å². The molecule has 0 atom stereocenters. The molecule has 22 heavy (non-hydrogen) atoms. The number of nitro benzene ring substituents is 1. The number of rotatable bonds is 2. The molecule has 0 amide bonds. The minimum atomic E-state index is -0.385. The molecule has 2 aromatic carbocycles. The van der Waals surface area contributed by atoms with Gasteiger partial charge in [-0.25, -0.2) is 0 Å². The Morgan fingerprint density at radius 3 is 2.64 bits per heavy atom. The first-order valence-electron chi connectivity index (χ1n) is 6.71. The van der Waals surface area contributed by atoms with E-state index in [2.05, 4.69) is 15.2 Å². The highest BCUT2D eigenvalue weighted by Crippen LogP contribution is 2.35. The zero-order valence-electron chi connectivity index (χ0n) is 11.4. The Labute approximate surface area is 124 Å². The fraction of sp³-hybridized carbons (Fsp3) is 0. The average Bonchev–Trinajstić information content (AvgIpc) is 2.93. The van der Waals surface area contributed by atoms with E-state index in [0.717, 1.165) is 16.4 Å². The number of nitrogens with zero attached hydrogens (tertiary/aromatic N) is 3. The highest BCUT2D eigenvalue weighted by Gasteiger charge is 2.18. The topological polar surface area (TPSA) is 84.7 Å². The van der Waals surface area contributed by atoms with Gasteiger partial charge >= 0.3 is 0 Å². The average molecular weight is 290 g/mol. The summed E-state index contributed by atoms with van der Waals surface area (Å²) in [5, 5.41) is 20.4. The summed E-state index contributed by atoms with van der Waals surface area (Å²) in [7, 11) is 0. The van der Waals surface area contributed by atoms with Crippen molar-refractivity contribution in [2.24, 2.45) is 0 Å². The van der Waals surface area contributed by atoms with Gasteiger partial charge in [0.05, 0.1) is 22.2 Å². The van der Waals surface area contributed by atoms with Crippen LogP contribution in [0.25, 0.3) is 33.1 Å². The maximum atomic E-state index is 11.3. The van der Waals surface area contributed by atoms with Crippen LogP contribution in [0.3, 0.4) is 0 Å². The van der Waals surface area contributed by atoms with Gasteiger partial charge in [0.1, 0.15) is 5.52 Å². The van der Waals surface area contributed by atoms with Gasteiger partial charge in [-0.1, -0.05) is 30.3 Å². The Morgan fingerprint density at radius 2 is 1.77 bits per heavy atom. The molecule has 0 aliphatic carbocycles. The molecule has 0 bridgehead atoms. The monoisotopic (exact) mass is 290 g/mol. The highest BCUT2D eigenvalue weighted by molar-refractivity contribution is 6.09. The summed E-state index contributed by atoms with van der Waals surface area (Å²) in [6, 6.07) is 14.4. The first-order valence-corrected chi connectivity index (χ1v) is 6.71. The van der Waals surface area contributed by atoms with Gasteiger partial charge < -0.3 is 4.98 Å². The molecular weight excluding hydrogens is 280 g/mol. The van der Waals surface area contributed by atoms with Gasteiger partial charge in [0.25, 0.3) is 5.69 Å². The second-order valence-electron chi connectivity index (χ2n) is 4.93. The van der Waals surface area contributed by atoms with Crippen molar-refractivity contribution in [3.05, 3.63) is 64.8 Å². The molecule has 0 aliphatic rings. The molecule has 0 saturated carbocycles. The largest absolute Gasteiger partial charge is 0.353 e. The maximum Gasteiger partial charge on any atom is 0.277 e. The number of hydrogen-bond acceptors (Lipinski definition) is 4. The number of H-pyrrole nitrogens is 1. The van der Waals surface area contributed by atoms with E-state index in [-0.39, 0.29) is 10.6 Å². The van der Waals surface area contributed by atoms with Crippen LogP contribution in [0.1, 0.15) is 0 Å². The molecule has 4 aromatic rings. The summed E-state index contributed by atoms with van der Waals surface area (Å²) in [5.74, 6) is 0. The summed E-state index contributed by atoms with van der Waals surface area (Å²) in [6.07, 6.45) is 1.56. The number of nitrogens with one attached hydrogen (secondary N) is 1. The Kier molecular flexibility index (Phi) is 2.62. The fourth-order valence-electron chi connectivity index (χ4n) is 2.70. The Bertz CT molecular complexity index is 1020. The quantitative estimate of drug-likeness (QED) is 0.450. The summed E-state index contributed by atoms with van der Waals surface area (Å²) >= 11 is 0. The molecule has 0 aliphatic heterocycles. The second-order valence-corrected chi connectivity index (χ2v) is 4.93. The number of para-hydroxylation sites is 2. The van der Waals surface area contributed by atoms with E-state index in [0.29, 0.717) is 16.6 Å². The highest BCUT2D eigenvalue weighted by atomic mass is 16.6. The van der Waals surface area contributed by atoms with Crippen LogP contribution in [0.4, 0.5) is 5.69 Å². The molecular formula is C16H10N4O2. The third-order valence-corrected chi connectivity index (χ3v) is 3.68. The van der Waals surface area contributed by atoms with Crippen LogP contribution in [0.5, 0.6) is 0 Å². The summed E-state index contributed by atoms with van der Waals surface area (Å²) in [6.45, 7) is 0. The Balaban J connectivity index is 2.10. The molecule has 0 spiro atoms. The lowest BCUT2D eigenvalue weighted by atomic mass is 10.0. The third-order valence-electron chi connectivity index (χ3n) is 3.68. The SMILES string of the molecule is O=[N+]([O-])c1ccccc1-c1cnnc2c1[nH]c1ccccc12. The number of benzene rings is 2. The van der Waals surface area contributed by atoms with E-state index in [4.69, 9.17) is 0 Å². The fourth-order valence-corrected chi connectivity index (χ4v) is 2.70. The third kappa shape index (κ3) is 1.74. The zero-order chi connectivity index (χ0) is 15.1. The van der Waals surface area contributed by atoms with Crippen LogP contribution >= 0.6 is 0 Å². The van der Waals surface area contributed by atoms with Gasteiger partial charge in [0, 0.05) is 22.5 Å². The van der Waals surface area contributed by atoms with Crippen molar-refractivity contribution in [2.45, 2.75) is 0 Å². The molecule has 0 radical (unpaired) electrons. The maximum absolute atomic E-state index is 11.3. The zero-order valence-corrected chi connectivity index (χ0v) is 11.4. The first-order chi connectivity index (χ1) is 10.8. The molecule has 106 valence electrons. The second kappa shape index (κ2) is 4.63. The summed E-state index contributed by atoms with van der Waals surface area (Å²) in [4.78, 5) is 14.2. The van der Waals surface area contributed by atoms with Crippen LogP contribution in [0, 0.1) is 10.1 Å². The summed E-state index contributed by atoms with van der Waals surface area (Å²) in [5.41, 5.74) is 3.65. The Hall–Kier alpha value is -3.28. The van der Waals surface area contributed by atoms with Crippen molar-refractivity contribution >= 4 is 27.6 Å². The van der Waals surface area contributed by atoms with E-state index >= 15 is 0 Å². The molecule has 0 fully saturated rings. The normalized spacial score (nSPS) is 11.1. The minimum Gasteiger partial charge on any atom is -0.353 e. The first kappa shape index (κ1) is 12.5. The van der Waals surface area contributed by atoms with E-state index in [1.165, 1.54) is 6.07 Å². The van der Waals surface area contributed by atoms with Gasteiger partial charge in [-0.05, 0) is 12.1 Å². The van der Waals surface area contributed by atoms with E-state index in [1.54, 1.807) is 24.4 Å². The number of nitro groups is 1. The number of fused-ring (bicyclic) bond motifs is 3. The lowest BCUT2D eigenvalue weighted by molar-refractivity contribution is -0.384. The molecule has 6 nitrogen and oxygen atoms in total. The van der Waals surface area contributed by atoms with Gasteiger partial charge in [0.2, 0.25) is 0 Å². The number of aromatic amines is 1. The van der Waals surface area contributed by atoms with Gasteiger partial charge in [-0.15, -0.1) is 5.10 Å². The smallest absolute Gasteiger partial charge is 0.277 e. The molecule has 4 rings (SSSR count). The number of aromatic nitrogens is 3. The van der Waals surface area contributed by atoms with Crippen LogP contribution in [-0.2, 0) is 0 Å². The number of hydrogen-bond donors (Lipinski definition) is 1. The van der Waals surface area contributed by atoms with Gasteiger partial charge in [-0.3, -0.25) is 10.1 Å². The molecule has 0 saturated heterocycles. The molecule has 0 unspecified atom stereocenters. The standard InChI is InChI=1S/C16H10N4O2/c21-20(22)14-8-4-2-5-10(14)12-9-17-19-16-11-6-1-3-7-13(11)18-15(12)16/h1-9,18H. The lowest BCUT2D eigenvalue weighted by Gasteiger charge is -2.03. The molecule has 2 heterocycles. The van der Waals surface area contributed by atoms with Crippen molar-refractivity contribution in [3.8, 4) is 11.1 Å². The Morgan fingerprint density at radius 1 is 1.00 bits per heavy atom. The van der Waals surface area contributed by atoms with E-state index in [9.17, 15) is 10.1 Å². The predicted molar refractivity (Wildman–Crippen MR) is 83.5 cm³/mol. The van der Waals surface area contributed by atoms with Crippen LogP contribution in [0.15, 0.2) is 54.7 Å². The lowest BCUT2D eigenvalue weighted by Crippen LogP contribution is -1.93. The minimum absolute atomic E-state index is 0.0513. The van der Waals surface area contributed by atoms with Crippen molar-refractivity contribution in [3.63, 3.8) is 0 Å². The van der Waals surface area contributed by atoms with Gasteiger partial charge in [-0.2, -0.15) is 5.10 Å². The summed E-state index contributed by atoms with van der Waals surface area (Å²) < 4.78 is 0. The van der Waals surface area contributed by atoms with Crippen LogP contribution < -0.4 is 0 Å². The predicted octanol–water partition coefficient (Wildman–Crippen LogP) is 3.69. The van der Waals surface area contributed by atoms with E-state index in [1.807, 2.05) is 24.3 Å². The van der Waals surface area contributed by atoms with Crippen molar-refractivity contribution in [2.75, 3.05) is 0 Å². The van der Waals surface area contributed by atoms with Crippen molar-refractivity contribution in [1.29, 1.82) is 0 Å². The van der Waals surface area contributed by atoms with Crippen LogP contribution in [0.2, 0.25) is 0 Å². The van der Waals surface area contributed by atoms with Crippen LogP contribution in [-0.4, -0.2) is 20.1 Å². The van der Waals surface area contributed by atoms with E-state index < -0.39 is 0 Å². The molecule has 2 aromatic heterocycles. The molecule has 6 heteroatoms. The van der Waals surface area contributed by atoms with Crippen molar-refractivity contribution in [1.82, 2.24) is 15.2 Å².